The molecule has 64 valence electrons. The summed E-state index contributed by atoms with van der Waals surface area (Å²) in [5, 5.41) is 0. The topological polar surface area (TPSA) is 65.2 Å². The summed E-state index contributed by atoms with van der Waals surface area (Å²) in [6.45, 7) is 0.403. The highest BCUT2D eigenvalue weighted by atomic mass is 79.9. The molecular formula is C6H10BrClN2O. The molecule has 0 saturated carbocycles. The molecule has 0 bridgehead atoms. The van der Waals surface area contributed by atoms with E-state index in [-0.39, 0.29) is 18.4 Å². The number of furan rings is 1. The molecule has 0 fully saturated rings. The Hall–Kier alpha value is -0.0300. The number of hydrogen-bond acceptors (Lipinski definition) is 3. The highest BCUT2D eigenvalue weighted by molar-refractivity contribution is 9.10. The standard InChI is InChI=1S/C6H9BrN2O.ClH/c7-6-2-1-5(10-6)4(9)3-8;/h1-2,4H,3,8-9H2;1H/t4-;/m1./s1. The van der Waals surface area contributed by atoms with Crippen LogP contribution in [-0.4, -0.2) is 6.54 Å². The van der Waals surface area contributed by atoms with Crippen LogP contribution in [0.3, 0.4) is 0 Å². The highest BCUT2D eigenvalue weighted by Gasteiger charge is 2.06. The lowest BCUT2D eigenvalue weighted by Gasteiger charge is -2.02. The summed E-state index contributed by atoms with van der Waals surface area (Å²) in [5.41, 5.74) is 10.9. The predicted molar refractivity (Wildman–Crippen MR) is 49.6 cm³/mol. The Morgan fingerprint density at radius 3 is 2.55 bits per heavy atom. The van der Waals surface area contributed by atoms with Crippen LogP contribution in [0.4, 0.5) is 0 Å². The van der Waals surface area contributed by atoms with Crippen molar-refractivity contribution >= 4 is 28.3 Å². The molecule has 0 unspecified atom stereocenters. The average molecular weight is 242 g/mol. The Kier molecular flexibility index (Phi) is 4.76. The van der Waals surface area contributed by atoms with Crippen molar-refractivity contribution in [3.8, 4) is 0 Å². The first-order chi connectivity index (χ1) is 4.74. The minimum Gasteiger partial charge on any atom is -0.453 e. The van der Waals surface area contributed by atoms with Crippen LogP contribution in [0.15, 0.2) is 21.2 Å². The van der Waals surface area contributed by atoms with E-state index in [0.29, 0.717) is 11.2 Å². The Bertz CT molecular complexity index is 216. The molecule has 1 aromatic rings. The molecule has 4 N–H and O–H groups in total. The molecule has 1 atom stereocenters. The molecule has 0 saturated heterocycles. The molecule has 0 aromatic carbocycles. The number of nitrogens with two attached hydrogens (primary N) is 2. The van der Waals surface area contributed by atoms with Crippen molar-refractivity contribution in [3.63, 3.8) is 0 Å². The smallest absolute Gasteiger partial charge is 0.169 e. The fraction of sp³-hybridized carbons (Fsp3) is 0.333. The van der Waals surface area contributed by atoms with Gasteiger partial charge in [-0.05, 0) is 28.1 Å². The highest BCUT2D eigenvalue weighted by Crippen LogP contribution is 2.17. The fourth-order valence-corrected chi connectivity index (χ4v) is 0.963. The minimum atomic E-state index is -0.189. The summed E-state index contributed by atoms with van der Waals surface area (Å²) < 4.78 is 5.83. The van der Waals surface area contributed by atoms with Crippen molar-refractivity contribution in [2.24, 2.45) is 11.5 Å². The van der Waals surface area contributed by atoms with Crippen LogP contribution in [-0.2, 0) is 0 Å². The molecule has 0 radical (unpaired) electrons. The lowest BCUT2D eigenvalue weighted by Crippen LogP contribution is -2.19. The van der Waals surface area contributed by atoms with E-state index in [4.69, 9.17) is 15.9 Å². The maximum Gasteiger partial charge on any atom is 0.169 e. The van der Waals surface area contributed by atoms with E-state index >= 15 is 0 Å². The zero-order valence-corrected chi connectivity index (χ0v) is 8.19. The van der Waals surface area contributed by atoms with Gasteiger partial charge < -0.3 is 15.9 Å². The van der Waals surface area contributed by atoms with Gasteiger partial charge in [-0.15, -0.1) is 12.4 Å². The summed E-state index contributed by atoms with van der Waals surface area (Å²) in [4.78, 5) is 0. The van der Waals surface area contributed by atoms with Crippen molar-refractivity contribution < 1.29 is 4.42 Å². The van der Waals surface area contributed by atoms with Crippen LogP contribution in [0.1, 0.15) is 11.8 Å². The minimum absolute atomic E-state index is 0. The number of rotatable bonds is 2. The molecular weight excluding hydrogens is 231 g/mol. The van der Waals surface area contributed by atoms with Crippen molar-refractivity contribution in [1.29, 1.82) is 0 Å². The zero-order chi connectivity index (χ0) is 7.56. The third kappa shape index (κ3) is 2.83. The molecule has 5 heteroatoms. The van der Waals surface area contributed by atoms with Gasteiger partial charge in [0, 0.05) is 6.54 Å². The molecule has 1 heterocycles. The second kappa shape index (κ2) is 4.77. The Morgan fingerprint density at radius 1 is 1.55 bits per heavy atom. The average Bonchev–Trinajstić information content (AvgIpc) is 2.34. The van der Waals surface area contributed by atoms with E-state index < -0.39 is 0 Å². The largest absolute Gasteiger partial charge is 0.453 e. The lowest BCUT2D eigenvalue weighted by atomic mass is 10.2. The molecule has 0 aliphatic heterocycles. The van der Waals surface area contributed by atoms with E-state index in [9.17, 15) is 0 Å². The normalized spacial score (nSPS) is 12.3. The van der Waals surface area contributed by atoms with Crippen LogP contribution in [0.5, 0.6) is 0 Å². The first-order valence-electron chi connectivity index (χ1n) is 2.95. The monoisotopic (exact) mass is 240 g/mol. The van der Waals surface area contributed by atoms with Crippen LogP contribution in [0, 0.1) is 0 Å². The molecule has 0 aliphatic carbocycles. The quantitative estimate of drug-likeness (QED) is 0.823. The second-order valence-corrected chi connectivity index (χ2v) is 2.77. The van der Waals surface area contributed by atoms with Gasteiger partial charge in [-0.3, -0.25) is 0 Å². The predicted octanol–water partition coefficient (Wildman–Crippen LogP) is 1.42. The first kappa shape index (κ1) is 11.0. The lowest BCUT2D eigenvalue weighted by molar-refractivity contribution is 0.452. The first-order valence-corrected chi connectivity index (χ1v) is 3.74. The van der Waals surface area contributed by atoms with Gasteiger partial charge >= 0.3 is 0 Å². The van der Waals surface area contributed by atoms with Crippen molar-refractivity contribution in [1.82, 2.24) is 0 Å². The molecule has 1 aromatic heterocycles. The van der Waals surface area contributed by atoms with Crippen LogP contribution in [0.25, 0.3) is 0 Å². The van der Waals surface area contributed by atoms with Gasteiger partial charge in [0.2, 0.25) is 0 Å². The maximum atomic E-state index is 5.57. The summed E-state index contributed by atoms with van der Waals surface area (Å²) in [7, 11) is 0. The maximum absolute atomic E-state index is 5.57. The van der Waals surface area contributed by atoms with E-state index in [0.717, 1.165) is 5.76 Å². The van der Waals surface area contributed by atoms with E-state index in [1.165, 1.54) is 0 Å². The third-order valence-electron chi connectivity index (χ3n) is 1.21. The molecule has 0 spiro atoms. The van der Waals surface area contributed by atoms with Crippen molar-refractivity contribution in [2.45, 2.75) is 6.04 Å². The third-order valence-corrected chi connectivity index (χ3v) is 1.64. The molecule has 1 rings (SSSR count). The summed E-state index contributed by atoms with van der Waals surface area (Å²) in [5.74, 6) is 0.717. The van der Waals surface area contributed by atoms with Crippen LogP contribution < -0.4 is 11.5 Å². The van der Waals surface area contributed by atoms with Gasteiger partial charge in [0.05, 0.1) is 6.04 Å². The van der Waals surface area contributed by atoms with E-state index in [1.807, 2.05) is 6.07 Å². The Morgan fingerprint density at radius 2 is 2.18 bits per heavy atom. The second-order valence-electron chi connectivity index (χ2n) is 1.98. The van der Waals surface area contributed by atoms with Gasteiger partial charge in [-0.2, -0.15) is 0 Å². The molecule has 0 aliphatic rings. The van der Waals surface area contributed by atoms with Gasteiger partial charge in [-0.25, -0.2) is 0 Å². The van der Waals surface area contributed by atoms with Crippen molar-refractivity contribution in [2.75, 3.05) is 6.54 Å². The summed E-state index contributed by atoms with van der Waals surface area (Å²) in [6.07, 6.45) is 0. The Labute approximate surface area is 79.7 Å². The SMILES string of the molecule is Cl.NC[C@@H](N)c1ccc(Br)o1. The van der Waals surface area contributed by atoms with Gasteiger partial charge in [0.15, 0.2) is 4.67 Å². The van der Waals surface area contributed by atoms with Gasteiger partial charge in [0.1, 0.15) is 5.76 Å². The molecule has 11 heavy (non-hydrogen) atoms. The fourth-order valence-electron chi connectivity index (χ4n) is 0.644. The van der Waals surface area contributed by atoms with E-state index in [1.54, 1.807) is 6.07 Å². The summed E-state index contributed by atoms with van der Waals surface area (Å²) in [6, 6.07) is 3.42. The van der Waals surface area contributed by atoms with Crippen LogP contribution >= 0.6 is 28.3 Å². The Balaban J connectivity index is 0.000001000. The van der Waals surface area contributed by atoms with Gasteiger partial charge in [-0.1, -0.05) is 0 Å². The van der Waals surface area contributed by atoms with E-state index in [2.05, 4.69) is 15.9 Å². The number of halogens is 2. The van der Waals surface area contributed by atoms with Crippen LogP contribution in [0.2, 0.25) is 0 Å². The molecule has 0 amide bonds. The van der Waals surface area contributed by atoms with Crippen molar-refractivity contribution in [3.05, 3.63) is 22.6 Å². The van der Waals surface area contributed by atoms with Gasteiger partial charge in [0.25, 0.3) is 0 Å². The zero-order valence-electron chi connectivity index (χ0n) is 5.79. The summed E-state index contributed by atoms with van der Waals surface area (Å²) >= 11 is 3.17. The number of hydrogen-bond donors (Lipinski definition) is 2. The molecule has 3 nitrogen and oxygen atoms in total.